The lowest BCUT2D eigenvalue weighted by molar-refractivity contribution is 0.273. The first-order valence-electron chi connectivity index (χ1n) is 8.12. The summed E-state index contributed by atoms with van der Waals surface area (Å²) in [6, 6.07) is 15.2. The molecule has 0 saturated carbocycles. The summed E-state index contributed by atoms with van der Waals surface area (Å²) >= 11 is 8.33. The zero-order valence-corrected chi connectivity index (χ0v) is 18.2. The van der Waals surface area contributed by atoms with Crippen LogP contribution >= 0.6 is 43.2 Å². The Morgan fingerprint density at radius 2 is 2.00 bits per heavy atom. The topological polar surface area (TPSA) is 79.0 Å². The Kier molecular flexibility index (Phi) is 5.31. The van der Waals surface area contributed by atoms with Crippen molar-refractivity contribution in [3.05, 3.63) is 68.4 Å². The van der Waals surface area contributed by atoms with E-state index in [2.05, 4.69) is 41.8 Å². The molecule has 0 aliphatic rings. The molecule has 8 heteroatoms. The molecular formula is C20H11Br2N3O2S. The van der Waals surface area contributed by atoms with E-state index < -0.39 is 0 Å². The fraction of sp³-hybridized carbons (Fsp3) is 0.0500. The average Bonchev–Trinajstić information content (AvgIpc) is 3.12. The Bertz CT molecular complexity index is 1240. The summed E-state index contributed by atoms with van der Waals surface area (Å²) in [5.74, 6) is 0.312. The van der Waals surface area contributed by atoms with Crippen molar-refractivity contribution in [2.24, 2.45) is 0 Å². The minimum atomic E-state index is -0.180. The largest absolute Gasteiger partial charge is 0.507 e. The fourth-order valence-electron chi connectivity index (χ4n) is 2.71. The molecule has 138 valence electrons. The summed E-state index contributed by atoms with van der Waals surface area (Å²) in [5, 5.41) is 21.4. The van der Waals surface area contributed by atoms with Crippen LogP contribution in [0, 0.1) is 11.3 Å². The van der Waals surface area contributed by atoms with E-state index >= 15 is 0 Å². The van der Waals surface area contributed by atoms with Crippen molar-refractivity contribution in [2.45, 2.75) is 0 Å². The number of para-hydroxylation sites is 1. The van der Waals surface area contributed by atoms with Crippen LogP contribution in [0.2, 0.25) is 0 Å². The molecule has 0 spiro atoms. The summed E-state index contributed by atoms with van der Waals surface area (Å²) < 4.78 is 8.35. The molecule has 0 bridgehead atoms. The SMILES string of the molecule is N#C/C(=C(/O)COc1c(Br)cc(Br)c2cccnc12)c1nc2ccccc2s1. The first-order valence-corrected chi connectivity index (χ1v) is 10.5. The lowest BCUT2D eigenvalue weighted by atomic mass is 10.2. The lowest BCUT2D eigenvalue weighted by Gasteiger charge is -2.12. The Morgan fingerprint density at radius 3 is 2.79 bits per heavy atom. The number of halogens is 2. The van der Waals surface area contributed by atoms with Crippen LogP contribution in [0.15, 0.2) is 63.4 Å². The van der Waals surface area contributed by atoms with Gasteiger partial charge in [-0.3, -0.25) is 4.98 Å². The van der Waals surface area contributed by atoms with Crippen LogP contribution in [0.1, 0.15) is 5.01 Å². The summed E-state index contributed by atoms with van der Waals surface area (Å²) in [4.78, 5) is 8.81. The lowest BCUT2D eigenvalue weighted by Crippen LogP contribution is -2.05. The number of nitriles is 1. The van der Waals surface area contributed by atoms with Crippen LogP contribution in [0.5, 0.6) is 5.75 Å². The minimum absolute atomic E-state index is 0.103. The van der Waals surface area contributed by atoms with E-state index in [-0.39, 0.29) is 17.9 Å². The number of hydrogen-bond acceptors (Lipinski definition) is 6. The van der Waals surface area contributed by atoms with Gasteiger partial charge in [0.1, 0.15) is 28.8 Å². The van der Waals surface area contributed by atoms with Crippen LogP contribution in [0.25, 0.3) is 26.7 Å². The number of ether oxygens (including phenoxy) is 1. The quantitative estimate of drug-likeness (QED) is 0.256. The van der Waals surface area contributed by atoms with E-state index in [0.29, 0.717) is 20.7 Å². The molecule has 0 aliphatic heterocycles. The summed E-state index contributed by atoms with van der Waals surface area (Å²) in [5.41, 5.74) is 1.54. The van der Waals surface area contributed by atoms with Crippen molar-refractivity contribution in [1.29, 1.82) is 5.26 Å². The van der Waals surface area contributed by atoms with Gasteiger partial charge in [0.2, 0.25) is 0 Å². The van der Waals surface area contributed by atoms with Crippen LogP contribution in [-0.4, -0.2) is 21.7 Å². The van der Waals surface area contributed by atoms with Gasteiger partial charge in [0.25, 0.3) is 0 Å². The molecule has 0 fully saturated rings. The fourth-order valence-corrected chi connectivity index (χ4v) is 5.08. The third kappa shape index (κ3) is 3.49. The van der Waals surface area contributed by atoms with Gasteiger partial charge in [-0.05, 0) is 40.2 Å². The van der Waals surface area contributed by atoms with Crippen molar-refractivity contribution in [1.82, 2.24) is 9.97 Å². The van der Waals surface area contributed by atoms with Gasteiger partial charge in [-0.1, -0.05) is 34.1 Å². The second-order valence-corrected chi connectivity index (χ2v) is 8.52. The maximum Gasteiger partial charge on any atom is 0.160 e. The van der Waals surface area contributed by atoms with Gasteiger partial charge in [0.05, 0.1) is 14.7 Å². The van der Waals surface area contributed by atoms with Crippen molar-refractivity contribution in [3.8, 4) is 11.8 Å². The first-order chi connectivity index (χ1) is 13.6. The molecule has 0 unspecified atom stereocenters. The van der Waals surface area contributed by atoms with Crippen LogP contribution in [-0.2, 0) is 0 Å². The molecule has 2 heterocycles. The highest BCUT2D eigenvalue weighted by Gasteiger charge is 2.17. The number of pyridine rings is 1. The Balaban J connectivity index is 1.69. The number of fused-ring (bicyclic) bond motifs is 2. The van der Waals surface area contributed by atoms with Gasteiger partial charge in [0.15, 0.2) is 11.5 Å². The zero-order valence-electron chi connectivity index (χ0n) is 14.2. The summed E-state index contributed by atoms with van der Waals surface area (Å²) in [7, 11) is 0. The van der Waals surface area contributed by atoms with E-state index in [1.54, 1.807) is 6.20 Å². The van der Waals surface area contributed by atoms with Gasteiger partial charge < -0.3 is 9.84 Å². The van der Waals surface area contributed by atoms with Crippen LogP contribution in [0.4, 0.5) is 0 Å². The molecule has 0 amide bonds. The van der Waals surface area contributed by atoms with E-state index in [1.807, 2.05) is 48.5 Å². The molecule has 2 aromatic heterocycles. The van der Waals surface area contributed by atoms with Crippen LogP contribution < -0.4 is 4.74 Å². The molecule has 4 rings (SSSR count). The van der Waals surface area contributed by atoms with Crippen molar-refractivity contribution < 1.29 is 9.84 Å². The van der Waals surface area contributed by atoms with E-state index in [1.165, 1.54) is 11.3 Å². The smallest absolute Gasteiger partial charge is 0.160 e. The predicted molar refractivity (Wildman–Crippen MR) is 117 cm³/mol. The zero-order chi connectivity index (χ0) is 19.7. The normalized spacial score (nSPS) is 12.0. The van der Waals surface area contributed by atoms with Gasteiger partial charge in [0, 0.05) is 16.1 Å². The minimum Gasteiger partial charge on any atom is -0.507 e. The van der Waals surface area contributed by atoms with Gasteiger partial charge >= 0.3 is 0 Å². The van der Waals surface area contributed by atoms with Crippen molar-refractivity contribution >= 4 is 69.9 Å². The molecule has 5 nitrogen and oxygen atoms in total. The Hall–Kier alpha value is -2.47. The monoisotopic (exact) mass is 515 g/mol. The highest BCUT2D eigenvalue weighted by atomic mass is 79.9. The maximum atomic E-state index is 10.5. The van der Waals surface area contributed by atoms with Gasteiger partial charge in [-0.25, -0.2) is 4.98 Å². The number of aliphatic hydroxyl groups is 1. The average molecular weight is 517 g/mol. The molecule has 0 atom stereocenters. The number of aliphatic hydroxyl groups excluding tert-OH is 1. The maximum absolute atomic E-state index is 10.5. The number of allylic oxidation sites excluding steroid dienone is 1. The number of thiazole rings is 1. The molecule has 0 aliphatic carbocycles. The van der Waals surface area contributed by atoms with Gasteiger partial charge in [-0.15, -0.1) is 11.3 Å². The molecule has 2 aromatic carbocycles. The number of aromatic nitrogens is 2. The van der Waals surface area contributed by atoms with Crippen molar-refractivity contribution in [2.75, 3.05) is 6.61 Å². The third-order valence-corrected chi connectivity index (χ3v) is 6.31. The summed E-state index contributed by atoms with van der Waals surface area (Å²) in [6.07, 6.45) is 1.67. The molecule has 28 heavy (non-hydrogen) atoms. The Labute approximate surface area is 181 Å². The highest BCUT2D eigenvalue weighted by molar-refractivity contribution is 9.11. The van der Waals surface area contributed by atoms with E-state index in [0.717, 1.165) is 20.1 Å². The first kappa shape index (κ1) is 18.9. The van der Waals surface area contributed by atoms with E-state index in [4.69, 9.17) is 4.74 Å². The van der Waals surface area contributed by atoms with Crippen molar-refractivity contribution in [3.63, 3.8) is 0 Å². The molecule has 0 radical (unpaired) electrons. The third-order valence-electron chi connectivity index (χ3n) is 4.01. The molecule has 4 aromatic rings. The van der Waals surface area contributed by atoms with Gasteiger partial charge in [-0.2, -0.15) is 5.26 Å². The molecule has 1 N–H and O–H groups in total. The standard InChI is InChI=1S/C20H11Br2N3O2S/c21-13-8-14(22)19(18-11(13)4-3-7-24-18)27-10-16(26)12(9-23)20-25-15-5-1-2-6-17(15)28-20/h1-8,26H,10H2/b16-12-. The molecule has 0 saturated heterocycles. The summed E-state index contributed by atoms with van der Waals surface area (Å²) in [6.45, 7) is -0.176. The molecular weight excluding hydrogens is 506 g/mol. The number of benzene rings is 2. The number of rotatable bonds is 4. The number of nitrogens with zero attached hydrogens (tertiary/aromatic N) is 3. The predicted octanol–water partition coefficient (Wildman–Crippen LogP) is 6.24. The number of hydrogen-bond donors (Lipinski definition) is 1. The highest BCUT2D eigenvalue weighted by Crippen LogP contribution is 2.37. The Morgan fingerprint density at radius 1 is 1.18 bits per heavy atom. The van der Waals surface area contributed by atoms with Crippen LogP contribution in [0.3, 0.4) is 0 Å². The second-order valence-electron chi connectivity index (χ2n) is 5.78. The second kappa shape index (κ2) is 7.87. The van der Waals surface area contributed by atoms with E-state index in [9.17, 15) is 10.4 Å².